The first-order valence-electron chi connectivity index (χ1n) is 6.95. The molecule has 0 heterocycles. The summed E-state index contributed by atoms with van der Waals surface area (Å²) in [7, 11) is 0. The lowest BCUT2D eigenvalue weighted by molar-refractivity contribution is -0.138. The molecule has 0 aliphatic rings. The molecule has 0 radical (unpaired) electrons. The highest BCUT2D eigenvalue weighted by Crippen LogP contribution is 2.36. The van der Waals surface area contributed by atoms with Gasteiger partial charge in [-0.15, -0.1) is 0 Å². The summed E-state index contributed by atoms with van der Waals surface area (Å²) >= 11 is 0. The third kappa shape index (κ3) is 5.03. The Bertz CT molecular complexity index is 898. The van der Waals surface area contributed by atoms with Crippen molar-refractivity contribution in [2.45, 2.75) is 6.18 Å². The minimum absolute atomic E-state index is 0.0589. The standard InChI is InChI=1S/C15H11F6N5O/c16-8-5-7(1-2-11(8)25-14(24)26-13(22)23)27-12-9(17)3-6(4-10(12)18)15(19,20)21/h1-5H,(H6,22,23,24,25,26). The zero-order valence-corrected chi connectivity index (χ0v) is 13.2. The molecule has 6 N–H and O–H groups in total. The van der Waals surface area contributed by atoms with E-state index >= 15 is 0 Å². The Kier molecular flexibility index (Phi) is 5.47. The van der Waals surface area contributed by atoms with E-state index in [1.807, 2.05) is 0 Å². The summed E-state index contributed by atoms with van der Waals surface area (Å²) in [4.78, 5) is 6.93. The Morgan fingerprint density at radius 3 is 1.96 bits per heavy atom. The summed E-state index contributed by atoms with van der Waals surface area (Å²) in [5.74, 6) is -6.63. The van der Waals surface area contributed by atoms with Gasteiger partial charge in [-0.05, 0) is 24.3 Å². The molecule has 0 bridgehead atoms. The first-order valence-corrected chi connectivity index (χ1v) is 6.95. The molecule has 2 rings (SSSR count). The summed E-state index contributed by atoms with van der Waals surface area (Å²) < 4.78 is 83.9. The fourth-order valence-corrected chi connectivity index (χ4v) is 1.86. The van der Waals surface area contributed by atoms with Gasteiger partial charge in [0.1, 0.15) is 11.4 Å². The average molecular weight is 391 g/mol. The Labute approximate surface area is 148 Å². The second-order valence-electron chi connectivity index (χ2n) is 4.99. The van der Waals surface area contributed by atoms with Gasteiger partial charge >= 0.3 is 6.18 Å². The van der Waals surface area contributed by atoms with Crippen LogP contribution in [-0.2, 0) is 6.18 Å². The zero-order chi connectivity index (χ0) is 20.4. The second-order valence-corrected chi connectivity index (χ2v) is 4.99. The lowest BCUT2D eigenvalue weighted by atomic mass is 10.2. The van der Waals surface area contributed by atoms with Gasteiger partial charge in [0.25, 0.3) is 0 Å². The molecule has 2 aromatic rings. The maximum atomic E-state index is 14.0. The minimum Gasteiger partial charge on any atom is -0.451 e. The van der Waals surface area contributed by atoms with Gasteiger partial charge in [-0.2, -0.15) is 18.2 Å². The number of aliphatic imine (C=N–C) groups is 2. The molecule has 27 heavy (non-hydrogen) atoms. The van der Waals surface area contributed by atoms with Gasteiger partial charge in [-0.1, -0.05) is 0 Å². The van der Waals surface area contributed by atoms with Crippen LogP contribution < -0.4 is 21.9 Å². The number of hydrogen-bond acceptors (Lipinski definition) is 2. The van der Waals surface area contributed by atoms with Crippen LogP contribution in [0.1, 0.15) is 5.56 Å². The fraction of sp³-hybridized carbons (Fsp3) is 0.0667. The quantitative estimate of drug-likeness (QED) is 0.424. The number of ether oxygens (including phenoxy) is 1. The van der Waals surface area contributed by atoms with Gasteiger partial charge in [0, 0.05) is 6.07 Å². The van der Waals surface area contributed by atoms with Crippen molar-refractivity contribution in [3.8, 4) is 11.5 Å². The van der Waals surface area contributed by atoms with Crippen molar-refractivity contribution in [2.75, 3.05) is 0 Å². The Morgan fingerprint density at radius 1 is 0.889 bits per heavy atom. The maximum absolute atomic E-state index is 14.0. The van der Waals surface area contributed by atoms with Gasteiger partial charge < -0.3 is 21.9 Å². The van der Waals surface area contributed by atoms with E-state index in [0.29, 0.717) is 6.07 Å². The van der Waals surface area contributed by atoms with E-state index < -0.39 is 52.6 Å². The third-order valence-electron chi connectivity index (χ3n) is 2.94. The maximum Gasteiger partial charge on any atom is 0.416 e. The van der Waals surface area contributed by atoms with Crippen LogP contribution >= 0.6 is 0 Å². The van der Waals surface area contributed by atoms with Crippen molar-refractivity contribution in [3.05, 3.63) is 53.3 Å². The number of halogens is 6. The number of nitrogens with two attached hydrogens (primary N) is 3. The van der Waals surface area contributed by atoms with E-state index in [2.05, 4.69) is 9.98 Å². The van der Waals surface area contributed by atoms with Gasteiger partial charge in [-0.25, -0.2) is 18.2 Å². The average Bonchev–Trinajstić information content (AvgIpc) is 2.51. The summed E-state index contributed by atoms with van der Waals surface area (Å²) in [5.41, 5.74) is 13.6. The number of guanidine groups is 2. The van der Waals surface area contributed by atoms with Crippen LogP contribution in [0.25, 0.3) is 0 Å². The fourth-order valence-electron chi connectivity index (χ4n) is 1.86. The molecular formula is C15H11F6N5O. The van der Waals surface area contributed by atoms with E-state index in [4.69, 9.17) is 21.9 Å². The number of alkyl halides is 3. The molecular weight excluding hydrogens is 380 g/mol. The molecule has 0 amide bonds. The molecule has 0 saturated heterocycles. The summed E-state index contributed by atoms with van der Waals surface area (Å²) in [5, 5.41) is 0. The molecule has 0 spiro atoms. The Hall–Kier alpha value is -3.44. The van der Waals surface area contributed by atoms with E-state index in [9.17, 15) is 26.3 Å². The van der Waals surface area contributed by atoms with Crippen LogP contribution in [0, 0.1) is 17.5 Å². The van der Waals surface area contributed by atoms with Crippen molar-refractivity contribution < 1.29 is 31.1 Å². The summed E-state index contributed by atoms with van der Waals surface area (Å²) in [6.07, 6.45) is -4.94. The van der Waals surface area contributed by atoms with E-state index in [1.165, 1.54) is 0 Å². The lowest BCUT2D eigenvalue weighted by Gasteiger charge is -2.12. The number of nitrogens with zero attached hydrogens (tertiary/aromatic N) is 2. The molecule has 0 fully saturated rings. The smallest absolute Gasteiger partial charge is 0.416 e. The molecule has 0 aromatic heterocycles. The van der Waals surface area contributed by atoms with Gasteiger partial charge in [-0.3, -0.25) is 0 Å². The van der Waals surface area contributed by atoms with Crippen molar-refractivity contribution in [1.29, 1.82) is 0 Å². The van der Waals surface area contributed by atoms with E-state index in [1.54, 1.807) is 0 Å². The molecule has 0 saturated carbocycles. The highest BCUT2D eigenvalue weighted by molar-refractivity contribution is 5.93. The number of benzene rings is 2. The van der Waals surface area contributed by atoms with Crippen LogP contribution in [-0.4, -0.2) is 11.9 Å². The molecule has 0 atom stereocenters. The molecule has 144 valence electrons. The predicted octanol–water partition coefficient (Wildman–Crippen LogP) is 3.13. The first-order chi connectivity index (χ1) is 12.5. The van der Waals surface area contributed by atoms with Crippen LogP contribution in [0.2, 0.25) is 0 Å². The van der Waals surface area contributed by atoms with Crippen molar-refractivity contribution in [3.63, 3.8) is 0 Å². The highest BCUT2D eigenvalue weighted by Gasteiger charge is 2.33. The minimum atomic E-state index is -4.94. The van der Waals surface area contributed by atoms with Crippen LogP contribution in [0.5, 0.6) is 11.5 Å². The van der Waals surface area contributed by atoms with E-state index in [-0.39, 0.29) is 17.8 Å². The molecule has 0 aliphatic carbocycles. The number of rotatable bonds is 3. The second kappa shape index (κ2) is 7.43. The topological polar surface area (TPSA) is 112 Å². The number of hydrogen-bond donors (Lipinski definition) is 3. The van der Waals surface area contributed by atoms with Crippen LogP contribution in [0.4, 0.5) is 32.0 Å². The van der Waals surface area contributed by atoms with Crippen molar-refractivity contribution in [2.24, 2.45) is 27.2 Å². The molecule has 0 aliphatic heterocycles. The molecule has 12 heteroatoms. The van der Waals surface area contributed by atoms with Gasteiger partial charge in [0.2, 0.25) is 5.96 Å². The molecule has 6 nitrogen and oxygen atoms in total. The summed E-state index contributed by atoms with van der Waals surface area (Å²) in [6.45, 7) is 0. The lowest BCUT2D eigenvalue weighted by Crippen LogP contribution is -2.26. The molecule has 2 aromatic carbocycles. The van der Waals surface area contributed by atoms with Crippen molar-refractivity contribution in [1.82, 2.24) is 0 Å². The zero-order valence-electron chi connectivity index (χ0n) is 13.2. The Morgan fingerprint density at radius 2 is 1.48 bits per heavy atom. The predicted molar refractivity (Wildman–Crippen MR) is 84.9 cm³/mol. The van der Waals surface area contributed by atoms with E-state index in [0.717, 1.165) is 12.1 Å². The first kappa shape index (κ1) is 19.9. The highest BCUT2D eigenvalue weighted by atomic mass is 19.4. The third-order valence-corrected chi connectivity index (χ3v) is 2.94. The van der Waals surface area contributed by atoms with Gasteiger partial charge in [0.15, 0.2) is 29.2 Å². The van der Waals surface area contributed by atoms with Gasteiger partial charge in [0.05, 0.1) is 5.56 Å². The van der Waals surface area contributed by atoms with Crippen molar-refractivity contribution >= 4 is 17.6 Å². The largest absolute Gasteiger partial charge is 0.451 e. The van der Waals surface area contributed by atoms with Crippen LogP contribution in [0.15, 0.2) is 40.3 Å². The summed E-state index contributed by atoms with van der Waals surface area (Å²) in [6, 6.07) is 2.89. The SMILES string of the molecule is NC(N)=NC(N)=Nc1ccc(Oc2c(F)cc(C(F)(F)F)cc2F)cc1F. The normalized spacial score (nSPS) is 12.0. The monoisotopic (exact) mass is 391 g/mol. The van der Waals surface area contributed by atoms with Crippen LogP contribution in [0.3, 0.4) is 0 Å². The molecule has 0 unspecified atom stereocenters. The Balaban J connectivity index is 2.32.